The molecule has 2 unspecified atom stereocenters. The van der Waals surface area contributed by atoms with Gasteiger partial charge in [-0.25, -0.2) is 4.98 Å². The van der Waals surface area contributed by atoms with Crippen molar-refractivity contribution in [3.8, 4) is 11.3 Å². The third kappa shape index (κ3) is 3.37. The van der Waals surface area contributed by atoms with Gasteiger partial charge < -0.3 is 4.57 Å². The number of hydrogen-bond acceptors (Lipinski definition) is 2. The molecule has 28 heavy (non-hydrogen) atoms. The summed E-state index contributed by atoms with van der Waals surface area (Å²) in [5.41, 5.74) is 4.86. The van der Waals surface area contributed by atoms with E-state index in [1.807, 2.05) is 6.07 Å². The van der Waals surface area contributed by atoms with Crippen LogP contribution in [0.4, 0.5) is 0 Å². The molecule has 0 fully saturated rings. The van der Waals surface area contributed by atoms with E-state index in [-0.39, 0.29) is 12.1 Å². The van der Waals surface area contributed by atoms with Gasteiger partial charge in [-0.3, -0.25) is 5.32 Å². The molecule has 3 aromatic carbocycles. The zero-order valence-corrected chi connectivity index (χ0v) is 15.7. The second-order valence-electron chi connectivity index (χ2n) is 7.37. The highest BCUT2D eigenvalue weighted by Gasteiger charge is 2.29. The van der Waals surface area contributed by atoms with Crippen LogP contribution >= 0.6 is 0 Å². The number of nitrogens with one attached hydrogen (secondary N) is 1. The predicted molar refractivity (Wildman–Crippen MR) is 113 cm³/mol. The molecule has 0 aliphatic carbocycles. The molecule has 0 bridgehead atoms. The largest absolute Gasteiger partial charge is 0.331 e. The van der Waals surface area contributed by atoms with E-state index in [1.165, 1.54) is 16.7 Å². The lowest BCUT2D eigenvalue weighted by molar-refractivity contribution is 0.329. The highest BCUT2D eigenvalue weighted by Crippen LogP contribution is 2.32. The van der Waals surface area contributed by atoms with Gasteiger partial charge in [0.15, 0.2) is 0 Å². The van der Waals surface area contributed by atoms with Crippen molar-refractivity contribution in [3.63, 3.8) is 0 Å². The number of imidazole rings is 1. The van der Waals surface area contributed by atoms with Crippen LogP contribution in [0.25, 0.3) is 11.3 Å². The summed E-state index contributed by atoms with van der Waals surface area (Å²) >= 11 is 0. The van der Waals surface area contributed by atoms with Gasteiger partial charge in [0, 0.05) is 18.3 Å². The van der Waals surface area contributed by atoms with Crippen molar-refractivity contribution in [2.24, 2.45) is 0 Å². The fraction of sp³-hybridized carbons (Fsp3) is 0.160. The molecular weight excluding hydrogens is 342 g/mol. The van der Waals surface area contributed by atoms with Gasteiger partial charge in [-0.1, -0.05) is 91.0 Å². The van der Waals surface area contributed by atoms with Crippen molar-refractivity contribution < 1.29 is 0 Å². The molecule has 2 atom stereocenters. The fourth-order valence-corrected chi connectivity index (χ4v) is 4.06. The van der Waals surface area contributed by atoms with Crippen LogP contribution in [0.2, 0.25) is 0 Å². The molecule has 0 spiro atoms. The Balaban J connectivity index is 1.53. The second kappa shape index (κ2) is 7.45. The molecule has 0 saturated heterocycles. The quantitative estimate of drug-likeness (QED) is 0.540. The van der Waals surface area contributed by atoms with Gasteiger partial charge in [0.25, 0.3) is 0 Å². The minimum Gasteiger partial charge on any atom is -0.331 e. The smallest absolute Gasteiger partial charge is 0.127 e. The minimum absolute atomic E-state index is 0.179. The van der Waals surface area contributed by atoms with Gasteiger partial charge in [-0.2, -0.15) is 0 Å². The Morgan fingerprint density at radius 1 is 0.821 bits per heavy atom. The summed E-state index contributed by atoms with van der Waals surface area (Å²) in [5.74, 6) is 1.12. The SMILES string of the molecule is c1ccc(CC2NC(c3ccccc3)Cn3cc(-c4ccccc4)nc32)cc1. The lowest BCUT2D eigenvalue weighted by atomic mass is 9.99. The van der Waals surface area contributed by atoms with Gasteiger partial charge in [0.05, 0.1) is 17.8 Å². The summed E-state index contributed by atoms with van der Waals surface area (Å²) in [6.07, 6.45) is 3.13. The molecule has 3 nitrogen and oxygen atoms in total. The van der Waals surface area contributed by atoms with E-state index < -0.39 is 0 Å². The van der Waals surface area contributed by atoms with Crippen LogP contribution in [0.5, 0.6) is 0 Å². The van der Waals surface area contributed by atoms with Crippen LogP contribution < -0.4 is 5.32 Å². The first-order valence-corrected chi connectivity index (χ1v) is 9.84. The predicted octanol–water partition coefficient (Wildman–Crippen LogP) is 5.18. The summed E-state index contributed by atoms with van der Waals surface area (Å²) in [6.45, 7) is 0.893. The maximum atomic E-state index is 5.03. The monoisotopic (exact) mass is 365 g/mol. The fourth-order valence-electron chi connectivity index (χ4n) is 4.06. The van der Waals surface area contributed by atoms with Gasteiger partial charge in [0.1, 0.15) is 5.82 Å². The lowest BCUT2D eigenvalue weighted by Gasteiger charge is -2.32. The van der Waals surface area contributed by atoms with Crippen molar-refractivity contribution in [1.29, 1.82) is 0 Å². The average Bonchev–Trinajstić information content (AvgIpc) is 3.20. The van der Waals surface area contributed by atoms with Crippen molar-refractivity contribution in [3.05, 3.63) is 114 Å². The molecule has 1 N–H and O–H groups in total. The molecule has 1 aromatic heterocycles. The number of benzene rings is 3. The Kier molecular flexibility index (Phi) is 4.51. The number of nitrogens with zero attached hydrogens (tertiary/aromatic N) is 2. The minimum atomic E-state index is 0.179. The van der Waals surface area contributed by atoms with Crippen LogP contribution in [-0.4, -0.2) is 9.55 Å². The van der Waals surface area contributed by atoms with Gasteiger partial charge in [-0.05, 0) is 17.5 Å². The van der Waals surface area contributed by atoms with Crippen molar-refractivity contribution >= 4 is 0 Å². The van der Waals surface area contributed by atoms with E-state index in [0.717, 1.165) is 24.5 Å². The van der Waals surface area contributed by atoms with Crippen LogP contribution in [0.3, 0.4) is 0 Å². The number of hydrogen-bond donors (Lipinski definition) is 1. The van der Waals surface area contributed by atoms with Crippen LogP contribution in [-0.2, 0) is 13.0 Å². The van der Waals surface area contributed by atoms with Crippen molar-refractivity contribution in [2.75, 3.05) is 0 Å². The molecular formula is C25H23N3. The van der Waals surface area contributed by atoms with E-state index in [4.69, 9.17) is 4.98 Å². The summed E-state index contributed by atoms with van der Waals surface area (Å²) < 4.78 is 2.34. The molecule has 0 saturated carbocycles. The molecule has 3 heteroatoms. The number of fused-ring (bicyclic) bond motifs is 1. The van der Waals surface area contributed by atoms with E-state index >= 15 is 0 Å². The first-order valence-electron chi connectivity index (χ1n) is 9.84. The van der Waals surface area contributed by atoms with Gasteiger partial charge in [-0.15, -0.1) is 0 Å². The Morgan fingerprint density at radius 2 is 1.46 bits per heavy atom. The molecule has 1 aliphatic heterocycles. The third-order valence-corrected chi connectivity index (χ3v) is 5.45. The topological polar surface area (TPSA) is 29.9 Å². The second-order valence-corrected chi connectivity index (χ2v) is 7.37. The molecule has 1 aliphatic rings. The molecule has 0 amide bonds. The summed E-state index contributed by atoms with van der Waals surface area (Å²) in [5, 5.41) is 3.86. The Hall–Kier alpha value is -3.17. The number of aromatic nitrogens is 2. The Bertz CT molecular complexity index is 1040. The Labute approximate surface area is 165 Å². The van der Waals surface area contributed by atoms with Gasteiger partial charge in [0.2, 0.25) is 0 Å². The first-order chi connectivity index (χ1) is 13.9. The standard InChI is InChI=1S/C25H23N3/c1-4-10-19(11-5-1)16-22-25-27-24(21-14-8-3-9-15-21)18-28(25)17-23(26-22)20-12-6-2-7-13-20/h1-15,18,22-23,26H,16-17H2. The Morgan fingerprint density at radius 3 is 2.18 bits per heavy atom. The summed E-state index contributed by atoms with van der Waals surface area (Å²) in [4.78, 5) is 5.03. The lowest BCUT2D eigenvalue weighted by Crippen LogP contribution is -2.37. The molecule has 5 rings (SSSR count). The van der Waals surface area contributed by atoms with Gasteiger partial charge >= 0.3 is 0 Å². The van der Waals surface area contributed by atoms with E-state index in [1.54, 1.807) is 0 Å². The molecule has 0 radical (unpaired) electrons. The maximum absolute atomic E-state index is 5.03. The summed E-state index contributed by atoms with van der Waals surface area (Å²) in [6, 6.07) is 32.3. The number of rotatable bonds is 4. The van der Waals surface area contributed by atoms with Crippen LogP contribution in [0, 0.1) is 0 Å². The van der Waals surface area contributed by atoms with Crippen molar-refractivity contribution in [2.45, 2.75) is 25.0 Å². The summed E-state index contributed by atoms with van der Waals surface area (Å²) in [7, 11) is 0. The molecule has 4 aromatic rings. The highest BCUT2D eigenvalue weighted by molar-refractivity contribution is 5.58. The van der Waals surface area contributed by atoms with Crippen LogP contribution in [0.1, 0.15) is 29.0 Å². The zero-order chi connectivity index (χ0) is 18.8. The van der Waals surface area contributed by atoms with E-state index in [0.29, 0.717) is 0 Å². The highest BCUT2D eigenvalue weighted by atomic mass is 15.2. The third-order valence-electron chi connectivity index (χ3n) is 5.45. The van der Waals surface area contributed by atoms with E-state index in [2.05, 4.69) is 101 Å². The van der Waals surface area contributed by atoms with Crippen LogP contribution in [0.15, 0.2) is 97.2 Å². The zero-order valence-electron chi connectivity index (χ0n) is 15.7. The van der Waals surface area contributed by atoms with E-state index in [9.17, 15) is 0 Å². The molecule has 138 valence electrons. The average molecular weight is 365 g/mol. The normalized spacial score (nSPS) is 18.6. The first kappa shape index (κ1) is 17.0. The van der Waals surface area contributed by atoms with Crippen molar-refractivity contribution in [1.82, 2.24) is 14.9 Å². The molecule has 2 heterocycles. The maximum Gasteiger partial charge on any atom is 0.127 e.